The van der Waals surface area contributed by atoms with Crippen LogP contribution in [-0.4, -0.2) is 19.6 Å². The van der Waals surface area contributed by atoms with Crippen LogP contribution in [0.1, 0.15) is 11.1 Å². The van der Waals surface area contributed by atoms with Crippen molar-refractivity contribution in [1.82, 2.24) is 5.32 Å². The second kappa shape index (κ2) is 9.81. The Morgan fingerprint density at radius 2 is 1.69 bits per heavy atom. The third-order valence-corrected chi connectivity index (χ3v) is 4.04. The van der Waals surface area contributed by atoms with E-state index in [4.69, 9.17) is 19.5 Å². The second-order valence-corrected chi connectivity index (χ2v) is 6.10. The number of para-hydroxylation sites is 1. The van der Waals surface area contributed by atoms with Gasteiger partial charge in [-0.2, -0.15) is 5.26 Å². The van der Waals surface area contributed by atoms with Crippen LogP contribution in [0.5, 0.6) is 23.0 Å². The predicted octanol–water partition coefficient (Wildman–Crippen LogP) is 4.05. The number of nitrogens with one attached hydrogen (secondary N) is 1. The summed E-state index contributed by atoms with van der Waals surface area (Å²) in [6, 6.07) is 23.8. The van der Waals surface area contributed by atoms with Crippen LogP contribution in [0, 0.1) is 11.3 Å². The van der Waals surface area contributed by atoms with E-state index in [9.17, 15) is 4.79 Å². The van der Waals surface area contributed by atoms with Crippen molar-refractivity contribution in [3.63, 3.8) is 0 Å². The van der Waals surface area contributed by atoms with Crippen LogP contribution in [-0.2, 0) is 11.3 Å². The number of methoxy groups -OCH3 is 1. The smallest absolute Gasteiger partial charge is 0.258 e. The number of nitrogens with zero attached hydrogens (tertiary/aromatic N) is 1. The summed E-state index contributed by atoms with van der Waals surface area (Å²) >= 11 is 0. The first-order valence-corrected chi connectivity index (χ1v) is 8.97. The van der Waals surface area contributed by atoms with Crippen LogP contribution in [0.25, 0.3) is 0 Å². The van der Waals surface area contributed by atoms with Crippen molar-refractivity contribution in [2.45, 2.75) is 6.54 Å². The minimum atomic E-state index is -0.263. The Balaban J connectivity index is 1.48. The van der Waals surface area contributed by atoms with E-state index in [0.717, 1.165) is 17.1 Å². The third-order valence-electron chi connectivity index (χ3n) is 4.04. The SMILES string of the molecule is COc1cc(C#N)ccc1OCC(=O)NCc1ccc(Oc2ccccc2)cc1. The van der Waals surface area contributed by atoms with Gasteiger partial charge in [-0.3, -0.25) is 4.79 Å². The van der Waals surface area contributed by atoms with Gasteiger partial charge < -0.3 is 19.5 Å². The summed E-state index contributed by atoms with van der Waals surface area (Å²) in [5.41, 5.74) is 1.40. The van der Waals surface area contributed by atoms with Crippen molar-refractivity contribution in [2.24, 2.45) is 0 Å². The van der Waals surface area contributed by atoms with Gasteiger partial charge in [0.25, 0.3) is 5.91 Å². The number of ether oxygens (including phenoxy) is 3. The molecule has 1 amide bonds. The zero-order valence-corrected chi connectivity index (χ0v) is 15.9. The van der Waals surface area contributed by atoms with Gasteiger partial charge in [0, 0.05) is 12.6 Å². The highest BCUT2D eigenvalue weighted by molar-refractivity contribution is 5.77. The van der Waals surface area contributed by atoms with Gasteiger partial charge >= 0.3 is 0 Å². The van der Waals surface area contributed by atoms with Gasteiger partial charge in [0.2, 0.25) is 0 Å². The van der Waals surface area contributed by atoms with E-state index < -0.39 is 0 Å². The third kappa shape index (κ3) is 5.75. The Morgan fingerprint density at radius 3 is 2.38 bits per heavy atom. The summed E-state index contributed by atoms with van der Waals surface area (Å²) in [6.45, 7) is 0.218. The first-order valence-electron chi connectivity index (χ1n) is 8.97. The van der Waals surface area contributed by atoms with Crippen LogP contribution >= 0.6 is 0 Å². The molecular formula is C23H20N2O4. The Hall–Kier alpha value is -3.98. The molecule has 3 rings (SSSR count). The molecule has 0 bridgehead atoms. The van der Waals surface area contributed by atoms with Crippen LogP contribution < -0.4 is 19.5 Å². The maximum Gasteiger partial charge on any atom is 0.258 e. The van der Waals surface area contributed by atoms with Crippen molar-refractivity contribution in [3.8, 4) is 29.1 Å². The van der Waals surface area contributed by atoms with Crippen LogP contribution in [0.3, 0.4) is 0 Å². The summed E-state index contributed by atoms with van der Waals surface area (Å²) < 4.78 is 16.4. The van der Waals surface area contributed by atoms with Gasteiger partial charge in [-0.1, -0.05) is 30.3 Å². The molecule has 0 aliphatic rings. The number of hydrogen-bond donors (Lipinski definition) is 1. The van der Waals surface area contributed by atoms with Gasteiger partial charge in [-0.05, 0) is 42.0 Å². The van der Waals surface area contributed by atoms with Gasteiger partial charge in [-0.15, -0.1) is 0 Å². The minimum absolute atomic E-state index is 0.155. The molecule has 0 saturated heterocycles. The highest BCUT2D eigenvalue weighted by Crippen LogP contribution is 2.27. The molecule has 0 atom stereocenters. The molecule has 146 valence electrons. The maximum absolute atomic E-state index is 12.1. The fourth-order valence-corrected chi connectivity index (χ4v) is 2.55. The Labute approximate surface area is 169 Å². The van der Waals surface area contributed by atoms with Crippen LogP contribution in [0.4, 0.5) is 0 Å². The molecule has 1 N–H and O–H groups in total. The van der Waals surface area contributed by atoms with Crippen LogP contribution in [0.15, 0.2) is 72.8 Å². The zero-order chi connectivity index (χ0) is 20.5. The molecule has 0 heterocycles. The predicted molar refractivity (Wildman–Crippen MR) is 108 cm³/mol. The Morgan fingerprint density at radius 1 is 0.966 bits per heavy atom. The molecule has 0 fully saturated rings. The fourth-order valence-electron chi connectivity index (χ4n) is 2.55. The van der Waals surface area contributed by atoms with Gasteiger partial charge in [-0.25, -0.2) is 0 Å². The van der Waals surface area contributed by atoms with E-state index in [-0.39, 0.29) is 12.5 Å². The molecule has 0 aromatic heterocycles. The first kappa shape index (κ1) is 19.8. The zero-order valence-electron chi connectivity index (χ0n) is 15.9. The van der Waals surface area contributed by atoms with E-state index in [1.54, 1.807) is 18.2 Å². The minimum Gasteiger partial charge on any atom is -0.493 e. The molecular weight excluding hydrogens is 368 g/mol. The molecule has 0 saturated carbocycles. The number of nitriles is 1. The average molecular weight is 388 g/mol. The number of carbonyl (C=O) groups excluding carboxylic acids is 1. The normalized spacial score (nSPS) is 9.93. The molecule has 0 radical (unpaired) electrons. The van der Waals surface area contributed by atoms with E-state index in [2.05, 4.69) is 5.32 Å². The van der Waals surface area contributed by atoms with Crippen molar-refractivity contribution < 1.29 is 19.0 Å². The van der Waals surface area contributed by atoms with E-state index in [1.807, 2.05) is 60.7 Å². The summed E-state index contributed by atoms with van der Waals surface area (Å²) in [5.74, 6) is 2.04. The monoisotopic (exact) mass is 388 g/mol. The molecule has 0 spiro atoms. The van der Waals surface area contributed by atoms with Crippen molar-refractivity contribution in [1.29, 1.82) is 5.26 Å². The van der Waals surface area contributed by atoms with Gasteiger partial charge in [0.05, 0.1) is 18.7 Å². The van der Waals surface area contributed by atoms with Gasteiger partial charge in [0.1, 0.15) is 11.5 Å². The molecule has 6 heteroatoms. The van der Waals surface area contributed by atoms with E-state index in [1.165, 1.54) is 7.11 Å². The summed E-state index contributed by atoms with van der Waals surface area (Å²) in [7, 11) is 1.48. The summed E-state index contributed by atoms with van der Waals surface area (Å²) in [4.78, 5) is 12.1. The first-order chi connectivity index (χ1) is 14.2. The standard InChI is InChI=1S/C23H20N2O4/c1-27-22-13-18(14-24)9-12-21(22)28-16-23(26)25-15-17-7-10-20(11-8-17)29-19-5-3-2-4-6-19/h2-13H,15-16H2,1H3,(H,25,26). The van der Waals surface area contributed by atoms with Crippen LogP contribution in [0.2, 0.25) is 0 Å². The molecule has 0 aliphatic carbocycles. The number of amides is 1. The highest BCUT2D eigenvalue weighted by Gasteiger charge is 2.09. The number of hydrogen-bond acceptors (Lipinski definition) is 5. The topological polar surface area (TPSA) is 80.6 Å². The number of carbonyl (C=O) groups is 1. The molecule has 6 nitrogen and oxygen atoms in total. The lowest BCUT2D eigenvalue weighted by atomic mass is 10.2. The molecule has 3 aromatic rings. The van der Waals surface area contributed by atoms with Crippen molar-refractivity contribution in [3.05, 3.63) is 83.9 Å². The highest BCUT2D eigenvalue weighted by atomic mass is 16.5. The lowest BCUT2D eigenvalue weighted by molar-refractivity contribution is -0.123. The molecule has 0 aliphatic heterocycles. The molecule has 0 unspecified atom stereocenters. The average Bonchev–Trinajstić information content (AvgIpc) is 2.77. The molecule has 29 heavy (non-hydrogen) atoms. The summed E-state index contributed by atoms with van der Waals surface area (Å²) in [6.07, 6.45) is 0. The van der Waals surface area contributed by atoms with Crippen molar-refractivity contribution in [2.75, 3.05) is 13.7 Å². The number of rotatable bonds is 8. The second-order valence-electron chi connectivity index (χ2n) is 6.10. The quantitative estimate of drug-likeness (QED) is 0.630. The van der Waals surface area contributed by atoms with Gasteiger partial charge in [0.15, 0.2) is 18.1 Å². The Bertz CT molecular complexity index is 996. The lowest BCUT2D eigenvalue weighted by Crippen LogP contribution is -2.28. The van der Waals surface area contributed by atoms with Crippen molar-refractivity contribution >= 4 is 5.91 Å². The number of benzene rings is 3. The maximum atomic E-state index is 12.1. The largest absolute Gasteiger partial charge is 0.493 e. The summed E-state index contributed by atoms with van der Waals surface area (Å²) in [5, 5.41) is 11.7. The molecule has 3 aromatic carbocycles. The lowest BCUT2D eigenvalue weighted by Gasteiger charge is -2.11. The Kier molecular flexibility index (Phi) is 6.69. The van der Waals surface area contributed by atoms with E-state index in [0.29, 0.717) is 23.6 Å². The van der Waals surface area contributed by atoms with E-state index >= 15 is 0 Å². The fraction of sp³-hybridized carbons (Fsp3) is 0.130.